The molecule has 0 saturated carbocycles. The second kappa shape index (κ2) is 9.09. The van der Waals surface area contributed by atoms with Gasteiger partial charge >= 0.3 is 5.97 Å². The molecule has 2 heterocycles. The topological polar surface area (TPSA) is 86.2 Å². The third kappa shape index (κ3) is 4.44. The minimum absolute atomic E-state index is 0.231. The number of hydrogen-bond acceptors (Lipinski definition) is 7. The summed E-state index contributed by atoms with van der Waals surface area (Å²) in [5, 5.41) is 7.56. The molecule has 0 saturated heterocycles. The van der Waals surface area contributed by atoms with Crippen LogP contribution in [0.4, 0.5) is 5.00 Å². The predicted octanol–water partition coefficient (Wildman–Crippen LogP) is 4.33. The van der Waals surface area contributed by atoms with Crippen LogP contribution in [0.15, 0.2) is 29.4 Å². The van der Waals surface area contributed by atoms with Gasteiger partial charge in [0.2, 0.25) is 6.10 Å². The largest absolute Gasteiger partial charge is 0.496 e. The van der Waals surface area contributed by atoms with Gasteiger partial charge in [0, 0.05) is 16.9 Å². The number of ether oxygens (including phenoxy) is 2. The van der Waals surface area contributed by atoms with Gasteiger partial charge in [0.15, 0.2) is 0 Å². The van der Waals surface area contributed by atoms with E-state index in [2.05, 4.69) is 10.5 Å². The molecule has 1 aliphatic carbocycles. The van der Waals surface area contributed by atoms with Crippen molar-refractivity contribution in [3.05, 3.63) is 45.8 Å². The third-order valence-corrected chi connectivity index (χ3v) is 6.54. The van der Waals surface area contributed by atoms with Crippen LogP contribution in [0.5, 0.6) is 5.75 Å². The summed E-state index contributed by atoms with van der Waals surface area (Å²) in [5.74, 6) is -0.0376. The molecule has 1 amide bonds. The average Bonchev–Trinajstić information content (AvgIpc) is 3.38. The van der Waals surface area contributed by atoms with E-state index in [1.54, 1.807) is 7.11 Å². The highest BCUT2D eigenvalue weighted by Gasteiger charge is 2.33. The lowest BCUT2D eigenvalue weighted by molar-refractivity contribution is -0.125. The van der Waals surface area contributed by atoms with Crippen molar-refractivity contribution < 1.29 is 23.9 Å². The number of amides is 1. The Morgan fingerprint density at radius 3 is 2.77 bits per heavy atom. The normalized spacial score (nSPS) is 17.5. The fourth-order valence-corrected chi connectivity index (χ4v) is 5.18. The van der Waals surface area contributed by atoms with E-state index >= 15 is 0 Å². The van der Waals surface area contributed by atoms with Gasteiger partial charge in [-0.1, -0.05) is 17.3 Å². The number of hydrogen-bond donors (Lipinski definition) is 1. The number of anilines is 1. The lowest BCUT2D eigenvalue weighted by atomic mass is 9.95. The van der Waals surface area contributed by atoms with Gasteiger partial charge in [-0.3, -0.25) is 4.79 Å². The van der Waals surface area contributed by atoms with Crippen molar-refractivity contribution >= 4 is 33.9 Å². The summed E-state index contributed by atoms with van der Waals surface area (Å²) in [6.45, 7) is 3.64. The van der Waals surface area contributed by atoms with E-state index in [1.165, 1.54) is 11.3 Å². The summed E-state index contributed by atoms with van der Waals surface area (Å²) < 4.78 is 10.8. The van der Waals surface area contributed by atoms with Crippen molar-refractivity contribution in [2.24, 2.45) is 5.16 Å². The minimum atomic E-state index is -0.770. The van der Waals surface area contributed by atoms with Crippen LogP contribution in [0.2, 0.25) is 0 Å². The summed E-state index contributed by atoms with van der Waals surface area (Å²) >= 11 is 1.46. The first-order valence-corrected chi connectivity index (χ1v) is 11.3. The highest BCUT2D eigenvalue weighted by atomic mass is 32.1. The second-order valence-electron chi connectivity index (χ2n) is 7.89. The highest BCUT2D eigenvalue weighted by Crippen LogP contribution is 2.39. The number of esters is 1. The van der Waals surface area contributed by atoms with E-state index < -0.39 is 6.10 Å². The van der Waals surface area contributed by atoms with Crippen LogP contribution < -0.4 is 10.1 Å². The fraction of sp³-hybridized carbons (Fsp3) is 0.435. The molecule has 8 heteroatoms. The maximum atomic E-state index is 13.0. The number of para-hydroxylation sites is 1. The number of rotatable bonds is 6. The second-order valence-corrected chi connectivity index (χ2v) is 9.00. The molecule has 0 fully saturated rings. The number of carbonyl (C=O) groups is 2. The van der Waals surface area contributed by atoms with E-state index in [9.17, 15) is 9.59 Å². The first-order valence-electron chi connectivity index (χ1n) is 10.5. The van der Waals surface area contributed by atoms with Gasteiger partial charge in [0.25, 0.3) is 5.91 Å². The molecule has 7 nitrogen and oxygen atoms in total. The van der Waals surface area contributed by atoms with Crippen LogP contribution in [-0.2, 0) is 27.2 Å². The molecule has 0 bridgehead atoms. The molecular weight excluding hydrogens is 416 g/mol. The van der Waals surface area contributed by atoms with Gasteiger partial charge in [0.05, 0.1) is 24.5 Å². The van der Waals surface area contributed by atoms with Crippen molar-refractivity contribution in [3.8, 4) is 5.75 Å². The molecule has 0 radical (unpaired) electrons. The number of nitrogens with zero attached hydrogens (tertiary/aromatic N) is 1. The summed E-state index contributed by atoms with van der Waals surface area (Å²) in [4.78, 5) is 32.3. The zero-order valence-corrected chi connectivity index (χ0v) is 18.7. The predicted molar refractivity (Wildman–Crippen MR) is 119 cm³/mol. The summed E-state index contributed by atoms with van der Waals surface area (Å²) in [7, 11) is 1.59. The Kier molecular flexibility index (Phi) is 6.27. The minimum Gasteiger partial charge on any atom is -0.496 e. The number of thiophene rings is 1. The quantitative estimate of drug-likeness (QED) is 0.673. The van der Waals surface area contributed by atoms with Gasteiger partial charge in [-0.05, 0) is 57.2 Å². The Morgan fingerprint density at radius 2 is 2.00 bits per heavy atom. The van der Waals surface area contributed by atoms with Crippen molar-refractivity contribution in [2.45, 2.75) is 58.2 Å². The smallest absolute Gasteiger partial charge is 0.341 e. The van der Waals surface area contributed by atoms with E-state index in [0.717, 1.165) is 41.7 Å². The SMILES string of the molecule is COc1ccccc1C1=NOC(C(=O)Nc2sc3c(c2C(=O)OC(C)C)CCCC3)C1. The van der Waals surface area contributed by atoms with Crippen LogP contribution in [0.3, 0.4) is 0 Å². The Morgan fingerprint density at radius 1 is 1.23 bits per heavy atom. The number of benzene rings is 1. The average molecular weight is 443 g/mol. The number of carbonyl (C=O) groups excluding carboxylic acids is 2. The molecule has 1 aromatic carbocycles. The number of nitrogens with one attached hydrogen (secondary N) is 1. The molecule has 31 heavy (non-hydrogen) atoms. The Bertz CT molecular complexity index is 1030. The number of fused-ring (bicyclic) bond motifs is 1. The molecule has 1 aliphatic heterocycles. The molecule has 0 spiro atoms. The van der Waals surface area contributed by atoms with Crippen molar-refractivity contribution in [3.63, 3.8) is 0 Å². The molecule has 1 aromatic heterocycles. The standard InChI is InChI=1S/C23H26N2O5S/c1-13(2)29-23(27)20-15-9-5-7-11-19(15)31-22(20)24-21(26)18-12-16(25-30-18)14-8-4-6-10-17(14)28-3/h4,6,8,10,13,18H,5,7,9,11-12H2,1-3H3,(H,24,26). The Balaban J connectivity index is 1.52. The molecule has 1 unspecified atom stereocenters. The first kappa shape index (κ1) is 21.4. The monoisotopic (exact) mass is 442 g/mol. The molecule has 1 N–H and O–H groups in total. The Hall–Kier alpha value is -2.87. The molecule has 1 atom stereocenters. The maximum Gasteiger partial charge on any atom is 0.341 e. The molecule has 164 valence electrons. The summed E-state index contributed by atoms with van der Waals surface area (Å²) in [6, 6.07) is 7.48. The molecule has 2 aliphatic rings. The highest BCUT2D eigenvalue weighted by molar-refractivity contribution is 7.17. The van der Waals surface area contributed by atoms with E-state index in [4.69, 9.17) is 14.3 Å². The maximum absolute atomic E-state index is 13.0. The lowest BCUT2D eigenvalue weighted by Gasteiger charge is -2.14. The van der Waals surface area contributed by atoms with Crippen LogP contribution in [0.1, 0.15) is 59.5 Å². The first-order chi connectivity index (χ1) is 15.0. The van der Waals surface area contributed by atoms with Crippen LogP contribution >= 0.6 is 11.3 Å². The summed E-state index contributed by atoms with van der Waals surface area (Å²) in [5.41, 5.74) is 2.96. The fourth-order valence-electron chi connectivity index (χ4n) is 3.90. The van der Waals surface area contributed by atoms with E-state index in [0.29, 0.717) is 28.4 Å². The van der Waals surface area contributed by atoms with Crippen LogP contribution in [0, 0.1) is 0 Å². The third-order valence-electron chi connectivity index (χ3n) is 5.33. The zero-order chi connectivity index (χ0) is 22.0. The number of methoxy groups -OCH3 is 1. The molecular formula is C23H26N2O5S. The molecule has 4 rings (SSSR count). The van der Waals surface area contributed by atoms with Gasteiger partial charge in [-0.25, -0.2) is 4.79 Å². The van der Waals surface area contributed by atoms with Crippen LogP contribution in [-0.4, -0.2) is 36.9 Å². The van der Waals surface area contributed by atoms with Crippen molar-refractivity contribution in [1.82, 2.24) is 0 Å². The summed E-state index contributed by atoms with van der Waals surface area (Å²) in [6.07, 6.45) is 3.17. The number of oxime groups is 1. The van der Waals surface area contributed by atoms with E-state index in [-0.39, 0.29) is 18.0 Å². The zero-order valence-electron chi connectivity index (χ0n) is 17.9. The Labute approximate surface area is 185 Å². The van der Waals surface area contributed by atoms with Gasteiger partial charge in [-0.15, -0.1) is 11.3 Å². The van der Waals surface area contributed by atoms with Crippen molar-refractivity contribution in [2.75, 3.05) is 12.4 Å². The lowest BCUT2D eigenvalue weighted by Crippen LogP contribution is -2.28. The number of aryl methyl sites for hydroxylation is 1. The van der Waals surface area contributed by atoms with Gasteiger partial charge < -0.3 is 19.6 Å². The van der Waals surface area contributed by atoms with Gasteiger partial charge in [-0.2, -0.15) is 0 Å². The van der Waals surface area contributed by atoms with Gasteiger partial charge in [0.1, 0.15) is 10.8 Å². The van der Waals surface area contributed by atoms with Crippen LogP contribution in [0.25, 0.3) is 0 Å². The molecule has 2 aromatic rings. The van der Waals surface area contributed by atoms with Crippen molar-refractivity contribution in [1.29, 1.82) is 0 Å². The van der Waals surface area contributed by atoms with E-state index in [1.807, 2.05) is 38.1 Å².